The van der Waals surface area contributed by atoms with Crippen molar-refractivity contribution in [1.82, 2.24) is 15.2 Å². The summed E-state index contributed by atoms with van der Waals surface area (Å²) in [4.78, 5) is 29.5. The van der Waals surface area contributed by atoms with Crippen molar-refractivity contribution in [2.75, 3.05) is 18.8 Å². The number of rotatable bonds is 2. The van der Waals surface area contributed by atoms with E-state index in [1.54, 1.807) is 24.1 Å². The van der Waals surface area contributed by atoms with E-state index in [9.17, 15) is 9.59 Å². The van der Waals surface area contributed by atoms with Gasteiger partial charge in [-0.05, 0) is 25.8 Å². The predicted octanol–water partition coefficient (Wildman–Crippen LogP) is 0.713. The Bertz CT molecular complexity index is 530. The molecular weight excluding hydrogens is 256 g/mol. The number of amides is 2. The molecule has 2 heterocycles. The Balaban J connectivity index is 2.12. The van der Waals surface area contributed by atoms with Crippen LogP contribution in [0.25, 0.3) is 0 Å². The summed E-state index contributed by atoms with van der Waals surface area (Å²) < 4.78 is 0. The number of pyridine rings is 1. The maximum atomic E-state index is 12.5. The molecule has 2 amide bonds. The van der Waals surface area contributed by atoms with Crippen molar-refractivity contribution < 1.29 is 9.59 Å². The largest absolute Gasteiger partial charge is 0.397 e. The maximum absolute atomic E-state index is 12.5. The van der Waals surface area contributed by atoms with Gasteiger partial charge in [0.2, 0.25) is 5.91 Å². The summed E-state index contributed by atoms with van der Waals surface area (Å²) in [5, 5.41) is 2.87. The second kappa shape index (κ2) is 5.90. The molecule has 108 valence electrons. The first-order chi connectivity index (χ1) is 9.47. The van der Waals surface area contributed by atoms with Crippen molar-refractivity contribution in [3.8, 4) is 0 Å². The van der Waals surface area contributed by atoms with Gasteiger partial charge in [0.1, 0.15) is 0 Å². The fourth-order valence-electron chi connectivity index (χ4n) is 2.50. The summed E-state index contributed by atoms with van der Waals surface area (Å²) in [6.45, 7) is 4.52. The maximum Gasteiger partial charge on any atom is 0.255 e. The Morgan fingerprint density at radius 2 is 2.25 bits per heavy atom. The Labute approximate surface area is 118 Å². The van der Waals surface area contributed by atoms with E-state index in [1.807, 2.05) is 0 Å². The van der Waals surface area contributed by atoms with E-state index in [-0.39, 0.29) is 17.9 Å². The Morgan fingerprint density at radius 1 is 1.50 bits per heavy atom. The number of nitrogens with two attached hydrogens (primary N) is 1. The van der Waals surface area contributed by atoms with E-state index >= 15 is 0 Å². The van der Waals surface area contributed by atoms with Crippen molar-refractivity contribution in [2.45, 2.75) is 32.7 Å². The quantitative estimate of drug-likeness (QED) is 0.832. The monoisotopic (exact) mass is 276 g/mol. The number of anilines is 1. The van der Waals surface area contributed by atoms with E-state index in [4.69, 9.17) is 5.73 Å². The van der Waals surface area contributed by atoms with Crippen LogP contribution in [0.5, 0.6) is 0 Å². The number of nitrogens with one attached hydrogen (secondary N) is 1. The van der Waals surface area contributed by atoms with Gasteiger partial charge in [0.05, 0.1) is 23.1 Å². The molecule has 1 aromatic rings. The van der Waals surface area contributed by atoms with Gasteiger partial charge in [-0.15, -0.1) is 0 Å². The Kier molecular flexibility index (Phi) is 4.22. The molecule has 1 saturated heterocycles. The van der Waals surface area contributed by atoms with Crippen molar-refractivity contribution in [1.29, 1.82) is 0 Å². The molecule has 1 atom stereocenters. The molecule has 0 aromatic carbocycles. The van der Waals surface area contributed by atoms with E-state index in [0.717, 1.165) is 12.8 Å². The molecule has 0 saturated carbocycles. The predicted molar refractivity (Wildman–Crippen MR) is 76.1 cm³/mol. The van der Waals surface area contributed by atoms with Gasteiger partial charge in [0.25, 0.3) is 5.91 Å². The van der Waals surface area contributed by atoms with Gasteiger partial charge in [-0.3, -0.25) is 14.6 Å². The summed E-state index contributed by atoms with van der Waals surface area (Å²) in [5.74, 6) is -0.136. The van der Waals surface area contributed by atoms with Crippen molar-refractivity contribution in [3.05, 3.63) is 23.5 Å². The minimum absolute atomic E-state index is 0.0273. The molecule has 0 spiro atoms. The third-order valence-electron chi connectivity index (χ3n) is 3.45. The second-order valence-corrected chi connectivity index (χ2v) is 5.19. The number of carbonyl (C=O) groups is 2. The first-order valence-corrected chi connectivity index (χ1v) is 6.76. The fourth-order valence-corrected chi connectivity index (χ4v) is 2.50. The lowest BCUT2D eigenvalue weighted by molar-refractivity contribution is -0.120. The van der Waals surface area contributed by atoms with Crippen LogP contribution < -0.4 is 11.1 Å². The van der Waals surface area contributed by atoms with Gasteiger partial charge < -0.3 is 16.0 Å². The molecule has 6 nitrogen and oxygen atoms in total. The number of hydrogen-bond donors (Lipinski definition) is 2. The number of nitrogens with zero attached hydrogens (tertiary/aromatic N) is 2. The average molecular weight is 276 g/mol. The summed E-state index contributed by atoms with van der Waals surface area (Å²) in [6.07, 6.45) is 3.32. The number of aromatic nitrogens is 1. The normalized spacial score (nSPS) is 18.7. The van der Waals surface area contributed by atoms with Gasteiger partial charge in [-0.25, -0.2) is 0 Å². The molecule has 20 heavy (non-hydrogen) atoms. The molecule has 1 aromatic heterocycles. The third kappa shape index (κ3) is 3.26. The first kappa shape index (κ1) is 14.3. The molecule has 0 bridgehead atoms. The lowest BCUT2D eigenvalue weighted by Gasteiger charge is -2.33. The number of piperidine rings is 1. The minimum Gasteiger partial charge on any atom is -0.397 e. The van der Waals surface area contributed by atoms with Crippen LogP contribution in [0.4, 0.5) is 5.69 Å². The second-order valence-electron chi connectivity index (χ2n) is 5.19. The van der Waals surface area contributed by atoms with Crippen LogP contribution >= 0.6 is 0 Å². The molecule has 3 N–H and O–H groups in total. The smallest absolute Gasteiger partial charge is 0.255 e. The highest BCUT2D eigenvalue weighted by atomic mass is 16.2. The lowest BCUT2D eigenvalue weighted by Crippen LogP contribution is -2.49. The van der Waals surface area contributed by atoms with E-state index in [1.165, 1.54) is 6.92 Å². The summed E-state index contributed by atoms with van der Waals surface area (Å²) in [7, 11) is 0. The number of aryl methyl sites for hydroxylation is 1. The van der Waals surface area contributed by atoms with Gasteiger partial charge in [-0.2, -0.15) is 0 Å². The highest BCUT2D eigenvalue weighted by Gasteiger charge is 2.26. The standard InChI is InChI=1S/C14H20N4O2/c1-9-13(6-11(15)7-16-9)14(20)18-5-3-4-12(8-18)17-10(2)19/h6-7,12H,3-5,8,15H2,1-2H3,(H,17,19). The van der Waals surface area contributed by atoms with Crippen LogP contribution in [0, 0.1) is 6.92 Å². The third-order valence-corrected chi connectivity index (χ3v) is 3.45. The van der Waals surface area contributed by atoms with Crippen molar-refractivity contribution in [3.63, 3.8) is 0 Å². The Morgan fingerprint density at radius 3 is 2.95 bits per heavy atom. The van der Waals surface area contributed by atoms with Gasteiger partial charge in [0.15, 0.2) is 0 Å². The van der Waals surface area contributed by atoms with Crippen molar-refractivity contribution in [2.24, 2.45) is 0 Å². The molecule has 0 aliphatic carbocycles. The van der Waals surface area contributed by atoms with Gasteiger partial charge in [-0.1, -0.05) is 0 Å². The molecule has 1 aliphatic rings. The lowest BCUT2D eigenvalue weighted by atomic mass is 10.0. The zero-order valence-electron chi connectivity index (χ0n) is 11.8. The minimum atomic E-state index is -0.0719. The summed E-state index contributed by atoms with van der Waals surface area (Å²) in [5.41, 5.74) is 7.39. The van der Waals surface area contributed by atoms with Crippen LogP contribution in [0.2, 0.25) is 0 Å². The summed E-state index contributed by atoms with van der Waals surface area (Å²) >= 11 is 0. The van der Waals surface area contributed by atoms with E-state index in [0.29, 0.717) is 30.0 Å². The van der Waals surface area contributed by atoms with Crippen LogP contribution in [-0.2, 0) is 4.79 Å². The zero-order valence-corrected chi connectivity index (χ0v) is 11.8. The van der Waals surface area contributed by atoms with Crippen molar-refractivity contribution >= 4 is 17.5 Å². The van der Waals surface area contributed by atoms with Gasteiger partial charge >= 0.3 is 0 Å². The molecule has 2 rings (SSSR count). The average Bonchev–Trinajstić information content (AvgIpc) is 2.40. The number of carbonyl (C=O) groups excluding carboxylic acids is 2. The van der Waals surface area contributed by atoms with Crippen LogP contribution in [0.3, 0.4) is 0 Å². The molecule has 1 fully saturated rings. The molecule has 0 radical (unpaired) electrons. The number of hydrogen-bond acceptors (Lipinski definition) is 4. The topological polar surface area (TPSA) is 88.3 Å². The molecule has 1 aliphatic heterocycles. The van der Waals surface area contributed by atoms with Crippen LogP contribution in [0.1, 0.15) is 35.8 Å². The van der Waals surface area contributed by atoms with Gasteiger partial charge in [0, 0.05) is 26.1 Å². The highest BCUT2D eigenvalue weighted by molar-refractivity contribution is 5.96. The van der Waals surface area contributed by atoms with Crippen LogP contribution in [-0.4, -0.2) is 40.8 Å². The first-order valence-electron chi connectivity index (χ1n) is 6.76. The Hall–Kier alpha value is -2.11. The van der Waals surface area contributed by atoms with E-state index in [2.05, 4.69) is 10.3 Å². The summed E-state index contributed by atoms with van der Waals surface area (Å²) in [6, 6.07) is 1.69. The fraction of sp³-hybridized carbons (Fsp3) is 0.500. The highest BCUT2D eigenvalue weighted by Crippen LogP contribution is 2.17. The molecule has 6 heteroatoms. The molecular formula is C14H20N4O2. The number of nitrogen functional groups attached to an aromatic ring is 1. The molecule has 1 unspecified atom stereocenters. The van der Waals surface area contributed by atoms with E-state index < -0.39 is 0 Å². The zero-order chi connectivity index (χ0) is 14.7. The SMILES string of the molecule is CC(=O)NC1CCCN(C(=O)c2cc(N)cnc2C)C1. The number of likely N-dealkylation sites (tertiary alicyclic amines) is 1. The van der Waals surface area contributed by atoms with Crippen LogP contribution in [0.15, 0.2) is 12.3 Å².